The van der Waals surface area contributed by atoms with Gasteiger partial charge < -0.3 is 5.32 Å². The monoisotopic (exact) mass is 335 g/mol. The summed E-state index contributed by atoms with van der Waals surface area (Å²) in [6, 6.07) is 9.98. The van der Waals surface area contributed by atoms with Gasteiger partial charge in [0.15, 0.2) is 0 Å². The number of nitrogens with zero attached hydrogens (tertiary/aromatic N) is 2. The zero-order valence-corrected chi connectivity index (χ0v) is 11.9. The van der Waals surface area contributed by atoms with Crippen LogP contribution in [0.15, 0.2) is 41.1 Å². The second-order valence-corrected chi connectivity index (χ2v) is 4.76. The Kier molecular flexibility index (Phi) is 4.15. The number of carbonyl (C=O) groups excluding carboxylic acids is 1. The number of carbonyl (C=O) groups is 1. The summed E-state index contributed by atoms with van der Waals surface area (Å²) in [5, 5.41) is 11.9. The molecule has 0 saturated heterocycles. The molecule has 0 atom stereocenters. The highest BCUT2D eigenvalue weighted by Crippen LogP contribution is 2.21. The van der Waals surface area contributed by atoms with Gasteiger partial charge in [-0.05, 0) is 46.3 Å². The zero-order valence-electron chi connectivity index (χ0n) is 9.52. The second kappa shape index (κ2) is 5.83. The summed E-state index contributed by atoms with van der Waals surface area (Å²) in [5.74, 6) is -0.314. The van der Waals surface area contributed by atoms with Crippen LogP contribution in [-0.4, -0.2) is 10.9 Å². The number of halogens is 2. The van der Waals surface area contributed by atoms with E-state index in [-0.39, 0.29) is 5.91 Å². The van der Waals surface area contributed by atoms with Crippen LogP contribution < -0.4 is 5.32 Å². The molecule has 0 aliphatic heterocycles. The van der Waals surface area contributed by atoms with Crippen molar-refractivity contribution in [1.82, 2.24) is 4.98 Å². The lowest BCUT2D eigenvalue weighted by molar-refractivity contribution is 0.102. The molecule has 1 aromatic carbocycles. The standard InChI is InChI=1S/C13H7BrClN3O/c14-12-10(2-1-5-17-12)13(19)18-9-3-4-11(15)8(6-9)7-16/h1-6H,(H,18,19). The Morgan fingerprint density at radius 2 is 2.21 bits per heavy atom. The molecule has 0 aliphatic rings. The maximum absolute atomic E-state index is 12.0. The fourth-order valence-electron chi connectivity index (χ4n) is 1.44. The zero-order chi connectivity index (χ0) is 13.8. The second-order valence-electron chi connectivity index (χ2n) is 3.60. The summed E-state index contributed by atoms with van der Waals surface area (Å²) >= 11 is 9.03. The van der Waals surface area contributed by atoms with Gasteiger partial charge >= 0.3 is 0 Å². The Labute approximate surface area is 123 Å². The van der Waals surface area contributed by atoms with Gasteiger partial charge in [-0.2, -0.15) is 5.26 Å². The average Bonchev–Trinajstić information content (AvgIpc) is 2.41. The Morgan fingerprint density at radius 1 is 1.42 bits per heavy atom. The first-order valence-electron chi connectivity index (χ1n) is 5.23. The van der Waals surface area contributed by atoms with E-state index < -0.39 is 0 Å². The van der Waals surface area contributed by atoms with Crippen LogP contribution in [0.3, 0.4) is 0 Å². The number of benzene rings is 1. The molecule has 1 amide bonds. The molecule has 2 rings (SSSR count). The van der Waals surface area contributed by atoms with Crippen LogP contribution in [0.5, 0.6) is 0 Å². The summed E-state index contributed by atoms with van der Waals surface area (Å²) in [6.07, 6.45) is 1.58. The largest absolute Gasteiger partial charge is 0.322 e. The molecule has 0 bridgehead atoms. The van der Waals surface area contributed by atoms with Crippen LogP contribution in [0.4, 0.5) is 5.69 Å². The van der Waals surface area contributed by atoms with Crippen molar-refractivity contribution in [3.63, 3.8) is 0 Å². The molecule has 19 heavy (non-hydrogen) atoms. The smallest absolute Gasteiger partial charge is 0.258 e. The molecule has 0 aliphatic carbocycles. The normalized spacial score (nSPS) is 9.74. The first-order chi connectivity index (χ1) is 9.11. The van der Waals surface area contributed by atoms with Crippen LogP contribution in [0, 0.1) is 11.3 Å². The maximum atomic E-state index is 12.0. The summed E-state index contributed by atoms with van der Waals surface area (Å²) < 4.78 is 0.460. The van der Waals surface area contributed by atoms with Crippen LogP contribution in [0.1, 0.15) is 15.9 Å². The van der Waals surface area contributed by atoms with E-state index >= 15 is 0 Å². The summed E-state index contributed by atoms with van der Waals surface area (Å²) in [4.78, 5) is 16.0. The molecule has 0 radical (unpaired) electrons. The molecule has 1 N–H and O–H groups in total. The highest BCUT2D eigenvalue weighted by molar-refractivity contribution is 9.10. The summed E-state index contributed by atoms with van der Waals surface area (Å²) in [7, 11) is 0. The molecular weight excluding hydrogens is 330 g/mol. The van der Waals surface area contributed by atoms with Crippen LogP contribution in [-0.2, 0) is 0 Å². The summed E-state index contributed by atoms with van der Waals surface area (Å²) in [5.41, 5.74) is 1.22. The summed E-state index contributed by atoms with van der Waals surface area (Å²) in [6.45, 7) is 0. The molecule has 2 aromatic rings. The fraction of sp³-hybridized carbons (Fsp3) is 0. The van der Waals surface area contributed by atoms with Crippen molar-refractivity contribution in [3.8, 4) is 6.07 Å². The number of anilines is 1. The lowest BCUT2D eigenvalue weighted by Crippen LogP contribution is -2.13. The molecule has 0 saturated carbocycles. The van der Waals surface area contributed by atoms with Gasteiger partial charge in [-0.3, -0.25) is 4.79 Å². The van der Waals surface area contributed by atoms with Gasteiger partial charge in [0.2, 0.25) is 0 Å². The Morgan fingerprint density at radius 3 is 2.89 bits per heavy atom. The van der Waals surface area contributed by atoms with Crippen LogP contribution >= 0.6 is 27.5 Å². The highest BCUT2D eigenvalue weighted by Gasteiger charge is 2.11. The molecule has 1 heterocycles. The molecule has 94 valence electrons. The quantitative estimate of drug-likeness (QED) is 0.852. The minimum atomic E-state index is -0.314. The number of rotatable bonds is 2. The number of hydrogen-bond donors (Lipinski definition) is 1. The van der Waals surface area contributed by atoms with Gasteiger partial charge in [-0.1, -0.05) is 11.6 Å². The van der Waals surface area contributed by atoms with E-state index in [1.54, 1.807) is 30.5 Å². The highest BCUT2D eigenvalue weighted by atomic mass is 79.9. The molecular formula is C13H7BrClN3O. The molecule has 6 heteroatoms. The SMILES string of the molecule is N#Cc1cc(NC(=O)c2cccnc2Br)ccc1Cl. The number of pyridine rings is 1. The number of amides is 1. The number of nitriles is 1. The Bertz CT molecular complexity index is 682. The van der Waals surface area contributed by atoms with E-state index in [2.05, 4.69) is 26.2 Å². The van der Waals surface area contributed by atoms with Crippen molar-refractivity contribution in [2.45, 2.75) is 0 Å². The average molecular weight is 337 g/mol. The van der Waals surface area contributed by atoms with Crippen LogP contribution in [0.25, 0.3) is 0 Å². The minimum Gasteiger partial charge on any atom is -0.322 e. The van der Waals surface area contributed by atoms with Crippen LogP contribution in [0.2, 0.25) is 5.02 Å². The van der Waals surface area contributed by atoms with E-state index in [0.717, 1.165) is 0 Å². The lowest BCUT2D eigenvalue weighted by atomic mass is 10.2. The molecule has 0 fully saturated rings. The minimum absolute atomic E-state index is 0.310. The van der Waals surface area contributed by atoms with Gasteiger partial charge in [-0.25, -0.2) is 4.98 Å². The van der Waals surface area contributed by atoms with E-state index in [9.17, 15) is 4.79 Å². The first-order valence-corrected chi connectivity index (χ1v) is 6.40. The molecule has 0 spiro atoms. The third-order valence-electron chi connectivity index (χ3n) is 2.35. The fourth-order valence-corrected chi connectivity index (χ4v) is 2.03. The van der Waals surface area contributed by atoms with Gasteiger partial charge in [0.05, 0.1) is 16.1 Å². The van der Waals surface area contributed by atoms with Gasteiger partial charge in [-0.15, -0.1) is 0 Å². The number of hydrogen-bond acceptors (Lipinski definition) is 3. The van der Waals surface area contributed by atoms with Crippen molar-refractivity contribution in [1.29, 1.82) is 5.26 Å². The van der Waals surface area contributed by atoms with E-state index in [0.29, 0.717) is 26.4 Å². The maximum Gasteiger partial charge on any atom is 0.258 e. The predicted octanol–water partition coefficient (Wildman–Crippen LogP) is 3.62. The topological polar surface area (TPSA) is 65.8 Å². The van der Waals surface area contributed by atoms with E-state index in [4.69, 9.17) is 16.9 Å². The van der Waals surface area contributed by atoms with Crippen molar-refractivity contribution in [2.75, 3.05) is 5.32 Å². The van der Waals surface area contributed by atoms with Gasteiger partial charge in [0.25, 0.3) is 5.91 Å². The van der Waals surface area contributed by atoms with Gasteiger partial charge in [0.1, 0.15) is 10.7 Å². The van der Waals surface area contributed by atoms with Crippen molar-refractivity contribution < 1.29 is 4.79 Å². The third-order valence-corrected chi connectivity index (χ3v) is 3.31. The molecule has 0 unspecified atom stereocenters. The van der Waals surface area contributed by atoms with Crippen molar-refractivity contribution in [2.24, 2.45) is 0 Å². The Balaban J connectivity index is 2.25. The number of nitrogens with one attached hydrogen (secondary N) is 1. The number of aromatic nitrogens is 1. The van der Waals surface area contributed by atoms with E-state index in [1.165, 1.54) is 6.07 Å². The predicted molar refractivity (Wildman–Crippen MR) is 76.1 cm³/mol. The first kappa shape index (κ1) is 13.5. The Hall–Kier alpha value is -1.90. The lowest BCUT2D eigenvalue weighted by Gasteiger charge is -2.07. The van der Waals surface area contributed by atoms with E-state index in [1.807, 2.05) is 6.07 Å². The van der Waals surface area contributed by atoms with Crippen molar-refractivity contribution >= 4 is 39.1 Å². The molecule has 1 aromatic heterocycles. The molecule has 4 nitrogen and oxygen atoms in total. The van der Waals surface area contributed by atoms with Gasteiger partial charge in [0, 0.05) is 11.9 Å². The third kappa shape index (κ3) is 3.11. The van der Waals surface area contributed by atoms with Crippen molar-refractivity contribution in [3.05, 3.63) is 57.3 Å².